The van der Waals surface area contributed by atoms with E-state index in [1.54, 1.807) is 30.8 Å². The average molecular weight is 326 g/mol. The van der Waals surface area contributed by atoms with Crippen molar-refractivity contribution in [1.29, 1.82) is 0 Å². The van der Waals surface area contributed by atoms with Crippen molar-refractivity contribution in [2.45, 2.75) is 32.0 Å². The summed E-state index contributed by atoms with van der Waals surface area (Å²) in [7, 11) is 0. The van der Waals surface area contributed by atoms with Crippen molar-refractivity contribution in [3.05, 3.63) is 48.2 Å². The summed E-state index contributed by atoms with van der Waals surface area (Å²) in [5, 5.41) is 8.04. The van der Waals surface area contributed by atoms with Gasteiger partial charge < -0.3 is 14.5 Å². The fraction of sp³-hybridized carbons (Fsp3) is 0.353. The first kappa shape index (κ1) is 14.9. The molecule has 1 aliphatic heterocycles. The van der Waals surface area contributed by atoms with Crippen LogP contribution in [0.5, 0.6) is 0 Å². The maximum absolute atomic E-state index is 12.7. The van der Waals surface area contributed by atoms with E-state index in [9.17, 15) is 4.79 Å². The molecule has 4 heterocycles. The third-order valence-electron chi connectivity index (χ3n) is 4.31. The number of aryl methyl sites for hydroxylation is 1. The number of hydrogen-bond acceptors (Lipinski definition) is 5. The Labute approximate surface area is 138 Å². The molecule has 0 aliphatic carbocycles. The van der Waals surface area contributed by atoms with Crippen LogP contribution >= 0.6 is 0 Å². The second kappa shape index (κ2) is 6.09. The lowest BCUT2D eigenvalue weighted by molar-refractivity contribution is 0.0819. The van der Waals surface area contributed by atoms with E-state index in [2.05, 4.69) is 15.4 Å². The van der Waals surface area contributed by atoms with Gasteiger partial charge >= 0.3 is 0 Å². The first-order valence-electron chi connectivity index (χ1n) is 8.03. The largest absolute Gasteiger partial charge is 0.464 e. The van der Waals surface area contributed by atoms with Crippen LogP contribution in [0.25, 0.3) is 11.0 Å². The molecule has 0 radical (unpaired) electrons. The quantitative estimate of drug-likeness (QED) is 0.795. The minimum absolute atomic E-state index is 0.101. The third kappa shape index (κ3) is 2.56. The lowest BCUT2D eigenvalue weighted by Gasteiger charge is -2.18. The Morgan fingerprint density at radius 3 is 3.21 bits per heavy atom. The fourth-order valence-corrected chi connectivity index (χ4v) is 3.08. The van der Waals surface area contributed by atoms with Gasteiger partial charge in [0.25, 0.3) is 5.91 Å². The summed E-state index contributed by atoms with van der Waals surface area (Å²) < 4.78 is 13.0. The van der Waals surface area contributed by atoms with Crippen LogP contribution in [0.1, 0.15) is 35.5 Å². The predicted molar refractivity (Wildman–Crippen MR) is 86.5 cm³/mol. The van der Waals surface area contributed by atoms with E-state index in [0.717, 1.165) is 18.5 Å². The summed E-state index contributed by atoms with van der Waals surface area (Å²) in [6.07, 6.45) is 7.48. The monoisotopic (exact) mass is 326 g/mol. The highest BCUT2D eigenvalue weighted by molar-refractivity contribution is 6.04. The Balaban J connectivity index is 1.55. The summed E-state index contributed by atoms with van der Waals surface area (Å²) in [4.78, 5) is 16.9. The maximum atomic E-state index is 12.7. The molecule has 0 unspecified atom stereocenters. The molecule has 1 N–H and O–H groups in total. The summed E-state index contributed by atoms with van der Waals surface area (Å²) in [6, 6.07) is 3.40. The van der Waals surface area contributed by atoms with Gasteiger partial charge in [0.1, 0.15) is 17.4 Å². The van der Waals surface area contributed by atoms with Crippen molar-refractivity contribution in [3.8, 4) is 0 Å². The molecule has 124 valence electrons. The Morgan fingerprint density at radius 2 is 2.38 bits per heavy atom. The van der Waals surface area contributed by atoms with Gasteiger partial charge in [-0.05, 0) is 25.5 Å². The van der Waals surface area contributed by atoms with Crippen LogP contribution in [-0.2, 0) is 11.3 Å². The Morgan fingerprint density at radius 1 is 1.46 bits per heavy atom. The van der Waals surface area contributed by atoms with Crippen molar-refractivity contribution in [3.63, 3.8) is 0 Å². The minimum atomic E-state index is -0.217. The molecule has 0 bridgehead atoms. The third-order valence-corrected chi connectivity index (χ3v) is 4.31. The second-order valence-electron chi connectivity index (χ2n) is 5.78. The first-order valence-corrected chi connectivity index (χ1v) is 8.03. The van der Waals surface area contributed by atoms with Gasteiger partial charge in [0.05, 0.1) is 23.9 Å². The number of furan rings is 1. The predicted octanol–water partition coefficient (Wildman–Crippen LogP) is 2.30. The number of aromatic nitrogens is 3. The zero-order valence-corrected chi connectivity index (χ0v) is 13.3. The van der Waals surface area contributed by atoms with Gasteiger partial charge in [0, 0.05) is 31.1 Å². The van der Waals surface area contributed by atoms with Crippen molar-refractivity contribution in [2.24, 2.45) is 0 Å². The number of rotatable bonds is 4. The first-order chi connectivity index (χ1) is 11.8. The van der Waals surface area contributed by atoms with Crippen LogP contribution in [0.3, 0.4) is 0 Å². The lowest BCUT2D eigenvalue weighted by atomic mass is 10.1. The van der Waals surface area contributed by atoms with E-state index in [4.69, 9.17) is 9.15 Å². The normalized spacial score (nSPS) is 20.5. The van der Waals surface area contributed by atoms with E-state index in [-0.39, 0.29) is 18.1 Å². The SMILES string of the molecule is CCn1cc([C@H]2OCC[C@@H]2NC(=O)c2nccc3occc23)cn1. The van der Waals surface area contributed by atoms with Gasteiger partial charge in [0.2, 0.25) is 0 Å². The lowest BCUT2D eigenvalue weighted by Crippen LogP contribution is -2.37. The summed E-state index contributed by atoms with van der Waals surface area (Å²) in [6.45, 7) is 3.44. The fourth-order valence-electron chi connectivity index (χ4n) is 3.08. The number of nitrogens with zero attached hydrogens (tertiary/aromatic N) is 3. The molecule has 1 saturated heterocycles. The Hall–Kier alpha value is -2.67. The smallest absolute Gasteiger partial charge is 0.270 e. The van der Waals surface area contributed by atoms with Crippen LogP contribution in [0.2, 0.25) is 0 Å². The second-order valence-corrected chi connectivity index (χ2v) is 5.78. The summed E-state index contributed by atoms with van der Waals surface area (Å²) in [5.41, 5.74) is 2.00. The van der Waals surface area contributed by atoms with E-state index >= 15 is 0 Å². The van der Waals surface area contributed by atoms with E-state index in [0.29, 0.717) is 23.3 Å². The molecule has 7 heteroatoms. The standard InChI is InChI=1S/C17H18N4O3/c1-2-21-10-11(9-19-21)16-13(5-8-24-16)20-17(22)15-12-4-7-23-14(12)3-6-18-15/h3-4,6-7,9-10,13,16H,2,5,8H2,1H3,(H,20,22)/t13-,16+/m0/s1. The number of ether oxygens (including phenoxy) is 1. The molecular formula is C17H18N4O3. The topological polar surface area (TPSA) is 82.2 Å². The molecule has 24 heavy (non-hydrogen) atoms. The molecule has 1 amide bonds. The van der Waals surface area contributed by atoms with Gasteiger partial charge in [-0.3, -0.25) is 14.5 Å². The molecule has 1 fully saturated rings. The molecule has 2 atom stereocenters. The van der Waals surface area contributed by atoms with Crippen LogP contribution < -0.4 is 5.32 Å². The molecule has 1 aliphatic rings. The Bertz CT molecular complexity index is 869. The number of nitrogens with one attached hydrogen (secondary N) is 1. The van der Waals surface area contributed by atoms with Gasteiger partial charge in [-0.2, -0.15) is 5.10 Å². The molecule has 4 rings (SSSR count). The highest BCUT2D eigenvalue weighted by Crippen LogP contribution is 2.29. The highest BCUT2D eigenvalue weighted by Gasteiger charge is 2.32. The van der Waals surface area contributed by atoms with Crippen LogP contribution in [-0.4, -0.2) is 33.3 Å². The molecule has 3 aromatic heterocycles. The number of pyridine rings is 1. The van der Waals surface area contributed by atoms with Crippen molar-refractivity contribution in [1.82, 2.24) is 20.1 Å². The van der Waals surface area contributed by atoms with Gasteiger partial charge in [-0.15, -0.1) is 0 Å². The van der Waals surface area contributed by atoms with Gasteiger partial charge in [-0.1, -0.05) is 0 Å². The molecule has 0 saturated carbocycles. The van der Waals surface area contributed by atoms with E-state index < -0.39 is 0 Å². The van der Waals surface area contributed by atoms with Crippen LogP contribution in [0.4, 0.5) is 0 Å². The summed E-state index contributed by atoms with van der Waals surface area (Å²) >= 11 is 0. The van der Waals surface area contributed by atoms with Gasteiger partial charge in [0.15, 0.2) is 0 Å². The molecule has 0 spiro atoms. The van der Waals surface area contributed by atoms with Crippen LogP contribution in [0.15, 0.2) is 41.4 Å². The molecule has 3 aromatic rings. The number of carbonyl (C=O) groups is 1. The van der Waals surface area contributed by atoms with Crippen molar-refractivity contribution < 1.29 is 13.9 Å². The van der Waals surface area contributed by atoms with E-state index in [1.165, 1.54) is 0 Å². The average Bonchev–Trinajstić information content (AvgIpc) is 3.33. The van der Waals surface area contributed by atoms with Crippen molar-refractivity contribution in [2.75, 3.05) is 6.61 Å². The maximum Gasteiger partial charge on any atom is 0.270 e. The van der Waals surface area contributed by atoms with Crippen LogP contribution in [0, 0.1) is 0 Å². The highest BCUT2D eigenvalue weighted by atomic mass is 16.5. The number of fused-ring (bicyclic) bond motifs is 1. The minimum Gasteiger partial charge on any atom is -0.464 e. The Kier molecular flexibility index (Phi) is 3.78. The van der Waals surface area contributed by atoms with Gasteiger partial charge in [-0.25, -0.2) is 0 Å². The molecular weight excluding hydrogens is 308 g/mol. The number of amides is 1. The molecule has 7 nitrogen and oxygen atoms in total. The number of carbonyl (C=O) groups excluding carboxylic acids is 1. The summed E-state index contributed by atoms with van der Waals surface area (Å²) in [5.74, 6) is -0.217. The zero-order chi connectivity index (χ0) is 16.5. The zero-order valence-electron chi connectivity index (χ0n) is 13.3. The van der Waals surface area contributed by atoms with E-state index in [1.807, 2.05) is 17.8 Å². The van der Waals surface area contributed by atoms with Crippen molar-refractivity contribution >= 4 is 16.9 Å². The molecule has 0 aromatic carbocycles. The number of hydrogen-bond donors (Lipinski definition) is 1.